The molecule has 9 heteroatoms. The van der Waals surface area contributed by atoms with Crippen molar-refractivity contribution in [3.8, 4) is 5.75 Å². The first-order valence-electron chi connectivity index (χ1n) is 7.07. The number of benzene rings is 2. The van der Waals surface area contributed by atoms with Crippen molar-refractivity contribution < 1.29 is 18.3 Å². The number of rotatable bonds is 5. The molecule has 1 amide bonds. The Bertz CT molecular complexity index is 984. The number of hydrogen-bond acceptors (Lipinski definition) is 6. The van der Waals surface area contributed by atoms with E-state index < -0.39 is 15.9 Å². The topological polar surface area (TPSA) is 108 Å². The van der Waals surface area contributed by atoms with E-state index in [9.17, 15) is 18.3 Å². The second kappa shape index (κ2) is 6.91. The highest BCUT2D eigenvalue weighted by molar-refractivity contribution is 7.93. The number of para-hydroxylation sites is 1. The number of nitrogens with zero attached hydrogens (tertiary/aromatic N) is 1. The van der Waals surface area contributed by atoms with Gasteiger partial charge in [-0.3, -0.25) is 9.52 Å². The number of phenols is 1. The van der Waals surface area contributed by atoms with Crippen molar-refractivity contribution in [3.05, 3.63) is 65.7 Å². The summed E-state index contributed by atoms with van der Waals surface area (Å²) in [4.78, 5) is 16.0. The molecule has 0 atom stereocenters. The SMILES string of the molecule is O=C(Nc1ccc(S(=O)(=O)Nc2nccs2)cc1)c1ccccc1O. The molecule has 0 aliphatic rings. The molecule has 3 N–H and O–H groups in total. The van der Waals surface area contributed by atoms with Crippen molar-refractivity contribution in [2.75, 3.05) is 10.0 Å². The summed E-state index contributed by atoms with van der Waals surface area (Å²) < 4.78 is 26.8. The fraction of sp³-hybridized carbons (Fsp3) is 0. The van der Waals surface area contributed by atoms with E-state index in [0.29, 0.717) is 5.69 Å². The molecule has 7 nitrogen and oxygen atoms in total. The monoisotopic (exact) mass is 375 g/mol. The second-order valence-electron chi connectivity index (χ2n) is 4.94. The molecule has 0 aliphatic carbocycles. The van der Waals surface area contributed by atoms with Crippen molar-refractivity contribution in [1.29, 1.82) is 0 Å². The normalized spacial score (nSPS) is 11.0. The number of aromatic hydroxyl groups is 1. The Morgan fingerprint density at radius 3 is 2.44 bits per heavy atom. The molecule has 0 bridgehead atoms. The van der Waals surface area contributed by atoms with Crippen LogP contribution in [0.3, 0.4) is 0 Å². The number of amides is 1. The number of phenolic OH excluding ortho intramolecular Hbond substituents is 1. The fourth-order valence-corrected chi connectivity index (χ4v) is 3.82. The van der Waals surface area contributed by atoms with Crippen LogP contribution in [0.2, 0.25) is 0 Å². The van der Waals surface area contributed by atoms with Crippen LogP contribution >= 0.6 is 11.3 Å². The smallest absolute Gasteiger partial charge is 0.263 e. The van der Waals surface area contributed by atoms with Crippen LogP contribution in [0.1, 0.15) is 10.4 Å². The molecular weight excluding hydrogens is 362 g/mol. The van der Waals surface area contributed by atoms with Crippen molar-refractivity contribution in [3.63, 3.8) is 0 Å². The van der Waals surface area contributed by atoms with E-state index in [-0.39, 0.29) is 21.3 Å². The average Bonchev–Trinajstić information content (AvgIpc) is 3.08. The Hall–Kier alpha value is -2.91. The molecular formula is C16H13N3O4S2. The number of anilines is 2. The van der Waals surface area contributed by atoms with Crippen molar-refractivity contribution >= 4 is 38.1 Å². The van der Waals surface area contributed by atoms with Gasteiger partial charge >= 0.3 is 0 Å². The Kier molecular flexibility index (Phi) is 4.68. The fourth-order valence-electron chi connectivity index (χ4n) is 2.03. The Morgan fingerprint density at radius 1 is 1.08 bits per heavy atom. The number of nitrogens with one attached hydrogen (secondary N) is 2. The lowest BCUT2D eigenvalue weighted by molar-refractivity contribution is 0.102. The zero-order chi connectivity index (χ0) is 17.9. The maximum Gasteiger partial charge on any atom is 0.263 e. The Labute approximate surface area is 148 Å². The van der Waals surface area contributed by atoms with Crippen molar-refractivity contribution in [2.24, 2.45) is 0 Å². The minimum atomic E-state index is -3.74. The first-order chi connectivity index (χ1) is 12.0. The lowest BCUT2D eigenvalue weighted by Gasteiger charge is -2.08. The molecule has 1 heterocycles. The largest absolute Gasteiger partial charge is 0.507 e. The summed E-state index contributed by atoms with van der Waals surface area (Å²) in [5.74, 6) is -0.624. The van der Waals surface area contributed by atoms with E-state index in [0.717, 1.165) is 0 Å². The summed E-state index contributed by atoms with van der Waals surface area (Å²) in [6.45, 7) is 0. The predicted octanol–water partition coefficient (Wildman–Crippen LogP) is 2.90. The molecule has 2 aromatic carbocycles. The van der Waals surface area contributed by atoms with E-state index >= 15 is 0 Å². The molecule has 0 fully saturated rings. The number of aromatic nitrogens is 1. The van der Waals surface area contributed by atoms with Crippen LogP contribution in [0.15, 0.2) is 65.0 Å². The lowest BCUT2D eigenvalue weighted by atomic mass is 10.2. The van der Waals surface area contributed by atoms with Crippen LogP contribution in [0.25, 0.3) is 0 Å². The first-order valence-corrected chi connectivity index (χ1v) is 9.44. The lowest BCUT2D eigenvalue weighted by Crippen LogP contribution is -2.14. The summed E-state index contributed by atoms with van der Waals surface area (Å²) in [6.07, 6.45) is 1.50. The van der Waals surface area contributed by atoms with Gasteiger partial charge in [-0.1, -0.05) is 12.1 Å². The van der Waals surface area contributed by atoms with Gasteiger partial charge in [-0.2, -0.15) is 0 Å². The highest BCUT2D eigenvalue weighted by atomic mass is 32.2. The highest BCUT2D eigenvalue weighted by Gasteiger charge is 2.16. The maximum atomic E-state index is 12.2. The van der Waals surface area contributed by atoms with Crippen LogP contribution in [-0.2, 0) is 10.0 Å². The first kappa shape index (κ1) is 16.9. The summed E-state index contributed by atoms with van der Waals surface area (Å²) in [6, 6.07) is 11.8. The van der Waals surface area contributed by atoms with Crippen LogP contribution < -0.4 is 10.0 Å². The van der Waals surface area contributed by atoms with Gasteiger partial charge in [0, 0.05) is 17.3 Å². The molecule has 25 heavy (non-hydrogen) atoms. The van der Waals surface area contributed by atoms with Gasteiger partial charge in [-0.15, -0.1) is 11.3 Å². The molecule has 0 spiro atoms. The van der Waals surface area contributed by atoms with Crippen LogP contribution in [0.4, 0.5) is 10.8 Å². The summed E-state index contributed by atoms with van der Waals surface area (Å²) in [7, 11) is -3.74. The number of hydrogen-bond donors (Lipinski definition) is 3. The molecule has 1 aromatic heterocycles. The van der Waals surface area contributed by atoms with E-state index in [4.69, 9.17) is 0 Å². The van der Waals surface area contributed by atoms with Gasteiger partial charge in [0.25, 0.3) is 15.9 Å². The molecule has 3 rings (SSSR count). The maximum absolute atomic E-state index is 12.2. The number of carbonyl (C=O) groups is 1. The zero-order valence-corrected chi connectivity index (χ0v) is 14.3. The van der Waals surface area contributed by atoms with Gasteiger partial charge in [0.2, 0.25) is 0 Å². The quantitative estimate of drug-likeness (QED) is 0.635. The third-order valence-electron chi connectivity index (χ3n) is 3.23. The van der Waals surface area contributed by atoms with Gasteiger partial charge in [-0.05, 0) is 36.4 Å². The van der Waals surface area contributed by atoms with Gasteiger partial charge in [0.05, 0.1) is 10.5 Å². The van der Waals surface area contributed by atoms with E-state index in [1.807, 2.05) is 0 Å². The predicted molar refractivity (Wildman–Crippen MR) is 95.4 cm³/mol. The standard InChI is InChI=1S/C16H13N3O4S2/c20-14-4-2-1-3-13(14)15(21)18-11-5-7-12(8-6-11)25(22,23)19-16-17-9-10-24-16/h1-10,20H,(H,17,19)(H,18,21). The van der Waals surface area contributed by atoms with Crippen LogP contribution in [-0.4, -0.2) is 24.4 Å². The van der Waals surface area contributed by atoms with Crippen molar-refractivity contribution in [1.82, 2.24) is 4.98 Å². The number of carbonyl (C=O) groups excluding carboxylic acids is 1. The molecule has 128 valence electrons. The molecule has 0 radical (unpaired) electrons. The van der Waals surface area contributed by atoms with Crippen molar-refractivity contribution in [2.45, 2.75) is 4.90 Å². The van der Waals surface area contributed by atoms with E-state index in [1.165, 1.54) is 53.9 Å². The van der Waals surface area contributed by atoms with Gasteiger partial charge in [0.15, 0.2) is 5.13 Å². The molecule has 0 unspecified atom stereocenters. The minimum absolute atomic E-state index is 0.0447. The average molecular weight is 375 g/mol. The summed E-state index contributed by atoms with van der Waals surface area (Å²) in [5.41, 5.74) is 0.533. The third-order valence-corrected chi connectivity index (χ3v) is 5.40. The summed E-state index contributed by atoms with van der Waals surface area (Å²) >= 11 is 1.17. The van der Waals surface area contributed by atoms with Gasteiger partial charge < -0.3 is 10.4 Å². The molecule has 0 saturated heterocycles. The number of thiazole rings is 1. The Balaban J connectivity index is 1.74. The van der Waals surface area contributed by atoms with Gasteiger partial charge in [-0.25, -0.2) is 13.4 Å². The van der Waals surface area contributed by atoms with Gasteiger partial charge in [0.1, 0.15) is 5.75 Å². The van der Waals surface area contributed by atoms with E-state index in [1.54, 1.807) is 17.5 Å². The zero-order valence-electron chi connectivity index (χ0n) is 12.7. The molecule has 3 aromatic rings. The third kappa shape index (κ3) is 3.95. The van der Waals surface area contributed by atoms with Crippen LogP contribution in [0, 0.1) is 0 Å². The van der Waals surface area contributed by atoms with E-state index in [2.05, 4.69) is 15.0 Å². The Morgan fingerprint density at radius 2 is 1.80 bits per heavy atom. The highest BCUT2D eigenvalue weighted by Crippen LogP contribution is 2.21. The minimum Gasteiger partial charge on any atom is -0.507 e. The van der Waals surface area contributed by atoms with Crippen LogP contribution in [0.5, 0.6) is 5.75 Å². The molecule has 0 aliphatic heterocycles. The molecule has 0 saturated carbocycles. The number of sulfonamides is 1. The second-order valence-corrected chi connectivity index (χ2v) is 7.52. The summed E-state index contributed by atoms with van der Waals surface area (Å²) in [5, 5.41) is 14.2.